The Bertz CT molecular complexity index is 502. The topological polar surface area (TPSA) is 62.5 Å². The van der Waals surface area contributed by atoms with E-state index in [1.807, 2.05) is 24.3 Å². The number of rotatable bonds is 1. The van der Waals surface area contributed by atoms with E-state index in [9.17, 15) is 10.4 Å². The van der Waals surface area contributed by atoms with Crippen molar-refractivity contribution in [3.8, 4) is 11.8 Å². The van der Waals surface area contributed by atoms with Crippen LogP contribution in [0.1, 0.15) is 18.4 Å². The molecule has 2 unspecified atom stereocenters. The summed E-state index contributed by atoms with van der Waals surface area (Å²) in [5.74, 6) is 0.700. The largest absolute Gasteiger partial charge is 0.493 e. The van der Waals surface area contributed by atoms with E-state index >= 15 is 0 Å². The molecule has 4 nitrogen and oxygen atoms in total. The maximum atomic E-state index is 10.8. The van der Waals surface area contributed by atoms with Crippen molar-refractivity contribution in [2.75, 3.05) is 19.8 Å². The zero-order chi connectivity index (χ0) is 12.6. The summed E-state index contributed by atoms with van der Waals surface area (Å²) in [6, 6.07) is 9.81. The van der Waals surface area contributed by atoms with Gasteiger partial charge in [0, 0.05) is 25.0 Å². The number of benzene rings is 1. The third-order valence-electron chi connectivity index (χ3n) is 4.07. The normalized spacial score (nSPS) is 34.4. The van der Waals surface area contributed by atoms with Crippen LogP contribution in [-0.4, -0.2) is 30.5 Å². The first-order chi connectivity index (χ1) is 8.72. The Morgan fingerprint density at radius 1 is 1.22 bits per heavy atom. The van der Waals surface area contributed by atoms with Crippen molar-refractivity contribution in [3.05, 3.63) is 29.8 Å². The van der Waals surface area contributed by atoms with Crippen molar-refractivity contribution in [3.63, 3.8) is 0 Å². The lowest BCUT2D eigenvalue weighted by Gasteiger charge is -2.42. The van der Waals surface area contributed by atoms with Gasteiger partial charge in [-0.2, -0.15) is 5.26 Å². The lowest BCUT2D eigenvalue weighted by Crippen LogP contribution is -2.53. The Kier molecular flexibility index (Phi) is 2.54. The second-order valence-corrected chi connectivity index (χ2v) is 4.95. The van der Waals surface area contributed by atoms with Gasteiger partial charge in [-0.05, 0) is 6.07 Å². The summed E-state index contributed by atoms with van der Waals surface area (Å²) in [4.78, 5) is 0. The van der Waals surface area contributed by atoms with E-state index in [0.29, 0.717) is 31.8 Å². The second kappa shape index (κ2) is 3.98. The van der Waals surface area contributed by atoms with Gasteiger partial charge in [0.1, 0.15) is 16.8 Å². The van der Waals surface area contributed by atoms with Crippen LogP contribution >= 0.6 is 0 Å². The molecule has 0 bridgehead atoms. The summed E-state index contributed by atoms with van der Waals surface area (Å²) >= 11 is 0. The van der Waals surface area contributed by atoms with Gasteiger partial charge in [-0.25, -0.2) is 0 Å². The molecule has 1 fully saturated rings. The molecular formula is C14H15NO3. The molecule has 2 heterocycles. The summed E-state index contributed by atoms with van der Waals surface area (Å²) in [5, 5.41) is 20.5. The first-order valence-corrected chi connectivity index (χ1v) is 6.16. The summed E-state index contributed by atoms with van der Waals surface area (Å²) in [5.41, 5.74) is -1.24. The fourth-order valence-corrected chi connectivity index (χ4v) is 2.99. The van der Waals surface area contributed by atoms with Crippen molar-refractivity contribution in [2.45, 2.75) is 23.9 Å². The quantitative estimate of drug-likeness (QED) is 0.812. The predicted octanol–water partition coefficient (Wildman–Crippen LogP) is 1.38. The summed E-state index contributed by atoms with van der Waals surface area (Å²) in [7, 11) is 0. The van der Waals surface area contributed by atoms with E-state index in [-0.39, 0.29) is 6.61 Å². The van der Waals surface area contributed by atoms with Crippen LogP contribution in [0.2, 0.25) is 0 Å². The molecule has 0 spiro atoms. The highest BCUT2D eigenvalue weighted by molar-refractivity contribution is 5.48. The average Bonchev–Trinajstić information content (AvgIpc) is 2.86. The van der Waals surface area contributed by atoms with Gasteiger partial charge in [-0.15, -0.1) is 0 Å². The van der Waals surface area contributed by atoms with Gasteiger partial charge >= 0.3 is 0 Å². The molecule has 2 aliphatic heterocycles. The monoisotopic (exact) mass is 245 g/mol. The van der Waals surface area contributed by atoms with E-state index in [1.165, 1.54) is 0 Å². The van der Waals surface area contributed by atoms with E-state index in [4.69, 9.17) is 9.47 Å². The molecule has 3 rings (SSSR count). The Morgan fingerprint density at radius 2 is 2.06 bits per heavy atom. The summed E-state index contributed by atoms with van der Waals surface area (Å²) in [6.45, 7) is 1.17. The molecule has 1 aromatic rings. The maximum Gasteiger partial charge on any atom is 0.124 e. The number of nitriles is 1. The first kappa shape index (κ1) is 11.5. The fraction of sp³-hybridized carbons (Fsp3) is 0.500. The molecule has 2 atom stereocenters. The van der Waals surface area contributed by atoms with Crippen molar-refractivity contribution in [1.82, 2.24) is 0 Å². The van der Waals surface area contributed by atoms with Crippen molar-refractivity contribution >= 4 is 0 Å². The Hall–Kier alpha value is -1.57. The van der Waals surface area contributed by atoms with Crippen LogP contribution in [0.5, 0.6) is 5.75 Å². The molecule has 94 valence electrons. The van der Waals surface area contributed by atoms with Gasteiger partial charge in [0.15, 0.2) is 0 Å². The Balaban J connectivity index is 2.16. The molecule has 1 N–H and O–H groups in total. The average molecular weight is 245 g/mol. The molecule has 0 amide bonds. The summed E-state index contributed by atoms with van der Waals surface area (Å²) in [6.07, 6.45) is 0.995. The van der Waals surface area contributed by atoms with Gasteiger partial charge in [0.05, 0.1) is 19.3 Å². The number of ether oxygens (including phenoxy) is 2. The molecule has 4 heteroatoms. The Morgan fingerprint density at radius 3 is 2.78 bits per heavy atom. The minimum atomic E-state index is -1.11. The maximum absolute atomic E-state index is 10.8. The van der Waals surface area contributed by atoms with Gasteiger partial charge in [-0.3, -0.25) is 0 Å². The first-order valence-electron chi connectivity index (χ1n) is 6.16. The number of hydrogen-bond donors (Lipinski definition) is 1. The minimum Gasteiger partial charge on any atom is -0.493 e. The van der Waals surface area contributed by atoms with Crippen molar-refractivity contribution in [1.29, 1.82) is 5.26 Å². The predicted molar refractivity (Wildman–Crippen MR) is 64.2 cm³/mol. The van der Waals surface area contributed by atoms with Crippen LogP contribution in [0, 0.1) is 11.3 Å². The fourth-order valence-electron chi connectivity index (χ4n) is 2.99. The van der Waals surface area contributed by atoms with E-state index in [2.05, 4.69) is 6.07 Å². The molecule has 0 aliphatic carbocycles. The van der Waals surface area contributed by atoms with Crippen LogP contribution in [0.15, 0.2) is 24.3 Å². The van der Waals surface area contributed by atoms with E-state index in [1.54, 1.807) is 0 Å². The standard InChI is InChI=1S/C14H15NO3/c15-9-13(14(16)6-7-17-10-14)5-8-18-12-4-2-1-3-11(12)13/h1-4,16H,5-8,10H2. The molecule has 0 aromatic heterocycles. The second-order valence-electron chi connectivity index (χ2n) is 4.95. The number of nitrogens with zero attached hydrogens (tertiary/aromatic N) is 1. The molecule has 0 radical (unpaired) electrons. The third-order valence-corrected chi connectivity index (χ3v) is 4.07. The molecule has 0 saturated carbocycles. The van der Waals surface area contributed by atoms with Crippen LogP contribution in [0.3, 0.4) is 0 Å². The smallest absolute Gasteiger partial charge is 0.124 e. The highest BCUT2D eigenvalue weighted by Crippen LogP contribution is 2.48. The van der Waals surface area contributed by atoms with Crippen LogP contribution in [0.25, 0.3) is 0 Å². The van der Waals surface area contributed by atoms with Crippen LogP contribution in [-0.2, 0) is 10.2 Å². The molecule has 18 heavy (non-hydrogen) atoms. The van der Waals surface area contributed by atoms with Gasteiger partial charge in [0.25, 0.3) is 0 Å². The molecule has 2 aliphatic rings. The van der Waals surface area contributed by atoms with Gasteiger partial charge in [0.2, 0.25) is 0 Å². The molecular weight excluding hydrogens is 230 g/mol. The lowest BCUT2D eigenvalue weighted by atomic mass is 9.64. The van der Waals surface area contributed by atoms with Crippen LogP contribution < -0.4 is 4.74 Å². The molecule has 1 saturated heterocycles. The number of para-hydroxylation sites is 1. The van der Waals surface area contributed by atoms with E-state index < -0.39 is 11.0 Å². The zero-order valence-corrected chi connectivity index (χ0v) is 10.1. The number of fused-ring (bicyclic) bond motifs is 1. The van der Waals surface area contributed by atoms with Crippen LogP contribution in [0.4, 0.5) is 0 Å². The number of aliphatic hydroxyl groups is 1. The van der Waals surface area contributed by atoms with Gasteiger partial charge < -0.3 is 14.6 Å². The highest BCUT2D eigenvalue weighted by Gasteiger charge is 2.56. The molecule has 1 aromatic carbocycles. The zero-order valence-electron chi connectivity index (χ0n) is 10.1. The SMILES string of the molecule is N#CC1(C2(O)CCOC2)CCOc2ccccc21. The van der Waals surface area contributed by atoms with Crippen molar-refractivity contribution in [2.24, 2.45) is 0 Å². The van der Waals surface area contributed by atoms with Crippen molar-refractivity contribution < 1.29 is 14.6 Å². The van der Waals surface area contributed by atoms with Gasteiger partial charge in [-0.1, -0.05) is 18.2 Å². The highest BCUT2D eigenvalue weighted by atomic mass is 16.5. The lowest BCUT2D eigenvalue weighted by molar-refractivity contribution is -0.0367. The number of hydrogen-bond acceptors (Lipinski definition) is 4. The van der Waals surface area contributed by atoms with E-state index in [0.717, 1.165) is 5.56 Å². The Labute approximate surface area is 106 Å². The summed E-state index contributed by atoms with van der Waals surface area (Å²) < 4.78 is 10.9. The third kappa shape index (κ3) is 1.38. The minimum absolute atomic E-state index is 0.217.